The number of carbonyl (C=O) groups is 1. The molecule has 0 heterocycles. The van der Waals surface area contributed by atoms with Crippen molar-refractivity contribution in [2.45, 2.75) is 135 Å². The van der Waals surface area contributed by atoms with Gasteiger partial charge in [0.15, 0.2) is 0 Å². The average molecular weight is 502 g/mol. The Hall–Kier alpha value is -1.18. The van der Waals surface area contributed by atoms with Crippen LogP contribution in [0.1, 0.15) is 123 Å². The highest BCUT2D eigenvalue weighted by Crippen LogP contribution is 2.10. The van der Waals surface area contributed by atoms with Crippen molar-refractivity contribution in [2.75, 3.05) is 5.75 Å². The molecule has 0 aromatic carbocycles. The van der Waals surface area contributed by atoms with Gasteiger partial charge in [-0.15, -0.1) is 0 Å². The van der Waals surface area contributed by atoms with Gasteiger partial charge in [-0.3, -0.25) is 9.35 Å². The van der Waals surface area contributed by atoms with Crippen LogP contribution in [0.5, 0.6) is 0 Å². The monoisotopic (exact) mass is 501 g/mol. The first-order valence-electron chi connectivity index (χ1n) is 13.5. The second-order valence-corrected chi connectivity index (χ2v) is 10.8. The fourth-order valence-electron chi connectivity index (χ4n) is 3.79. The summed E-state index contributed by atoms with van der Waals surface area (Å²) in [6.45, 7) is 4.34. The van der Waals surface area contributed by atoms with Crippen LogP contribution in [-0.2, 0) is 14.9 Å². The highest BCUT2D eigenvalue weighted by Gasteiger charge is 2.24. The predicted molar refractivity (Wildman–Crippen MR) is 142 cm³/mol. The standard InChI is InChI=1S/C27H51NO5S/c1-3-5-7-9-10-11-12-13-14-15-16-17-19-21-23-27(30)28-25(24-34(31,32)33)26(29)22-20-18-8-6-4-2/h12-13,20,22,25-26,29H,3-11,14-19,21,23-24H2,1-2H3,(H,28,30)(H,31,32,33)/b13-12-,22-20+. The van der Waals surface area contributed by atoms with Crippen molar-refractivity contribution < 1.29 is 22.9 Å². The zero-order valence-electron chi connectivity index (χ0n) is 21.7. The summed E-state index contributed by atoms with van der Waals surface area (Å²) < 4.78 is 31.8. The Kier molecular flexibility index (Phi) is 21.5. The number of amides is 1. The zero-order valence-corrected chi connectivity index (χ0v) is 22.5. The van der Waals surface area contributed by atoms with E-state index in [-0.39, 0.29) is 12.3 Å². The molecule has 0 rings (SSSR count). The van der Waals surface area contributed by atoms with Crippen LogP contribution in [0.2, 0.25) is 0 Å². The van der Waals surface area contributed by atoms with E-state index >= 15 is 0 Å². The van der Waals surface area contributed by atoms with Crippen molar-refractivity contribution in [3.8, 4) is 0 Å². The quantitative estimate of drug-likeness (QED) is 0.0842. The topological polar surface area (TPSA) is 104 Å². The van der Waals surface area contributed by atoms with Gasteiger partial charge in [0.1, 0.15) is 0 Å². The largest absolute Gasteiger partial charge is 0.387 e. The third kappa shape index (κ3) is 22.6. The van der Waals surface area contributed by atoms with E-state index in [1.54, 1.807) is 6.08 Å². The van der Waals surface area contributed by atoms with Gasteiger partial charge in [0.05, 0.1) is 17.9 Å². The first-order chi connectivity index (χ1) is 16.3. The van der Waals surface area contributed by atoms with Crippen LogP contribution in [0.25, 0.3) is 0 Å². The van der Waals surface area contributed by atoms with E-state index in [2.05, 4.69) is 31.3 Å². The van der Waals surface area contributed by atoms with Crippen LogP contribution in [-0.4, -0.2) is 41.9 Å². The van der Waals surface area contributed by atoms with E-state index in [0.717, 1.165) is 64.2 Å². The fraction of sp³-hybridized carbons (Fsp3) is 0.815. The molecular formula is C27H51NO5S. The second-order valence-electron chi connectivity index (χ2n) is 9.32. The van der Waals surface area contributed by atoms with Crippen LogP contribution in [0.4, 0.5) is 0 Å². The van der Waals surface area contributed by atoms with Gasteiger partial charge < -0.3 is 10.4 Å². The van der Waals surface area contributed by atoms with E-state index in [4.69, 9.17) is 0 Å². The fourth-order valence-corrected chi connectivity index (χ4v) is 4.53. The van der Waals surface area contributed by atoms with E-state index in [1.165, 1.54) is 44.6 Å². The van der Waals surface area contributed by atoms with Gasteiger partial charge in [0.2, 0.25) is 5.91 Å². The molecule has 0 aromatic rings. The third-order valence-electron chi connectivity index (χ3n) is 5.87. The lowest BCUT2D eigenvalue weighted by atomic mass is 10.1. The van der Waals surface area contributed by atoms with Gasteiger partial charge in [-0.25, -0.2) is 0 Å². The molecule has 34 heavy (non-hydrogen) atoms. The number of aliphatic hydroxyl groups excluding tert-OH is 1. The van der Waals surface area contributed by atoms with Crippen LogP contribution in [0.3, 0.4) is 0 Å². The summed E-state index contributed by atoms with van der Waals surface area (Å²) in [6, 6.07) is -1.05. The molecule has 3 N–H and O–H groups in total. The molecule has 0 saturated carbocycles. The molecule has 0 aliphatic heterocycles. The molecule has 0 saturated heterocycles. The molecule has 0 fully saturated rings. The minimum atomic E-state index is -4.32. The van der Waals surface area contributed by atoms with Gasteiger partial charge in [-0.2, -0.15) is 8.42 Å². The van der Waals surface area contributed by atoms with Crippen molar-refractivity contribution in [1.82, 2.24) is 5.32 Å². The first kappa shape index (κ1) is 32.8. The summed E-state index contributed by atoms with van der Waals surface area (Å²) in [4.78, 5) is 12.2. The van der Waals surface area contributed by atoms with Crippen LogP contribution >= 0.6 is 0 Å². The minimum Gasteiger partial charge on any atom is -0.387 e. The van der Waals surface area contributed by atoms with Crippen LogP contribution in [0.15, 0.2) is 24.3 Å². The Bertz CT molecular complexity index is 645. The van der Waals surface area contributed by atoms with Crippen LogP contribution < -0.4 is 5.32 Å². The Morgan fingerprint density at radius 1 is 0.765 bits per heavy atom. The summed E-state index contributed by atoms with van der Waals surface area (Å²) in [7, 11) is -4.32. The second kappa shape index (κ2) is 22.3. The molecule has 2 atom stereocenters. The number of rotatable bonds is 23. The molecule has 0 radical (unpaired) electrons. The molecule has 1 amide bonds. The maximum Gasteiger partial charge on any atom is 0.267 e. The number of carbonyl (C=O) groups excluding carboxylic acids is 1. The summed E-state index contributed by atoms with van der Waals surface area (Å²) in [5.41, 5.74) is 0. The Morgan fingerprint density at radius 3 is 1.82 bits per heavy atom. The lowest BCUT2D eigenvalue weighted by Crippen LogP contribution is -2.46. The third-order valence-corrected chi connectivity index (χ3v) is 6.65. The molecule has 0 spiro atoms. The van der Waals surface area contributed by atoms with Crippen LogP contribution in [0, 0.1) is 0 Å². The van der Waals surface area contributed by atoms with E-state index < -0.39 is 28.0 Å². The average Bonchev–Trinajstić information content (AvgIpc) is 2.77. The molecule has 2 unspecified atom stereocenters. The lowest BCUT2D eigenvalue weighted by molar-refractivity contribution is -0.122. The van der Waals surface area contributed by atoms with Crippen molar-refractivity contribution >= 4 is 16.0 Å². The van der Waals surface area contributed by atoms with Gasteiger partial charge >= 0.3 is 0 Å². The highest BCUT2D eigenvalue weighted by atomic mass is 32.2. The minimum absolute atomic E-state index is 0.285. The molecule has 7 heteroatoms. The molecule has 0 aliphatic rings. The first-order valence-corrected chi connectivity index (χ1v) is 15.1. The number of hydrogen-bond acceptors (Lipinski definition) is 4. The molecule has 0 aliphatic carbocycles. The van der Waals surface area contributed by atoms with Gasteiger partial charge in [0, 0.05) is 6.42 Å². The summed E-state index contributed by atoms with van der Waals surface area (Å²) in [5, 5.41) is 12.9. The molecular weight excluding hydrogens is 450 g/mol. The summed E-state index contributed by atoms with van der Waals surface area (Å²) in [5.74, 6) is -1.00. The number of nitrogens with one attached hydrogen (secondary N) is 1. The Morgan fingerprint density at radius 2 is 1.24 bits per heavy atom. The lowest BCUT2D eigenvalue weighted by Gasteiger charge is -2.21. The van der Waals surface area contributed by atoms with Crippen molar-refractivity contribution in [3.63, 3.8) is 0 Å². The van der Waals surface area contributed by atoms with Gasteiger partial charge in [0.25, 0.3) is 10.1 Å². The van der Waals surface area contributed by atoms with Crippen molar-refractivity contribution in [1.29, 1.82) is 0 Å². The number of aliphatic hydroxyl groups is 1. The Labute approximate surface area is 209 Å². The van der Waals surface area contributed by atoms with Gasteiger partial charge in [-0.1, -0.05) is 95.9 Å². The highest BCUT2D eigenvalue weighted by molar-refractivity contribution is 7.85. The van der Waals surface area contributed by atoms with Crippen molar-refractivity contribution in [3.05, 3.63) is 24.3 Å². The van der Waals surface area contributed by atoms with E-state index in [9.17, 15) is 22.9 Å². The predicted octanol–water partition coefficient (Wildman–Crippen LogP) is 6.50. The number of allylic oxidation sites excluding steroid dienone is 3. The number of unbranched alkanes of at least 4 members (excludes halogenated alkanes) is 13. The summed E-state index contributed by atoms with van der Waals surface area (Å²) >= 11 is 0. The van der Waals surface area contributed by atoms with E-state index in [1.807, 2.05) is 0 Å². The van der Waals surface area contributed by atoms with Gasteiger partial charge in [-0.05, 0) is 44.9 Å². The normalized spacial score (nSPS) is 14.1. The maximum atomic E-state index is 12.2. The Balaban J connectivity index is 4.03. The molecule has 6 nitrogen and oxygen atoms in total. The summed E-state index contributed by atoms with van der Waals surface area (Å²) in [6.07, 6.45) is 24.9. The maximum absolute atomic E-state index is 12.2. The SMILES string of the molecule is CCCCC/C=C/C(O)C(CS(=O)(=O)O)NC(=O)CCCCCCC/C=C\CCCCCCC. The van der Waals surface area contributed by atoms with Crippen molar-refractivity contribution in [2.24, 2.45) is 0 Å². The molecule has 0 aromatic heterocycles. The van der Waals surface area contributed by atoms with E-state index in [0.29, 0.717) is 0 Å². The smallest absolute Gasteiger partial charge is 0.267 e. The molecule has 0 bridgehead atoms. The zero-order chi connectivity index (χ0) is 25.5. The number of hydrogen-bond donors (Lipinski definition) is 3. The molecule has 200 valence electrons.